The lowest BCUT2D eigenvalue weighted by molar-refractivity contribution is -0.138. The molecule has 1 fully saturated rings. The molecule has 2 aliphatic rings. The summed E-state index contributed by atoms with van der Waals surface area (Å²) in [6.07, 6.45) is 2.66. The van der Waals surface area contributed by atoms with E-state index in [0.717, 1.165) is 22.2 Å². The molecule has 0 radical (unpaired) electrons. The Kier molecular flexibility index (Phi) is 6.51. The molecule has 5 rings (SSSR count). The number of carbonyl (C=O) groups excluding carboxylic acids is 2. The summed E-state index contributed by atoms with van der Waals surface area (Å²) in [5, 5.41) is 3.77. The van der Waals surface area contributed by atoms with Gasteiger partial charge in [-0.25, -0.2) is 8.42 Å². The highest BCUT2D eigenvalue weighted by atomic mass is 32.2. The molecule has 0 saturated carbocycles. The first kappa shape index (κ1) is 26.2. The van der Waals surface area contributed by atoms with E-state index in [2.05, 4.69) is 5.32 Å². The van der Waals surface area contributed by atoms with Crippen LogP contribution >= 0.6 is 0 Å². The summed E-state index contributed by atoms with van der Waals surface area (Å²) in [6, 6.07) is 16.2. The van der Waals surface area contributed by atoms with Crippen molar-refractivity contribution in [2.75, 3.05) is 30.2 Å². The van der Waals surface area contributed by atoms with Crippen LogP contribution in [0.15, 0.2) is 59.0 Å². The van der Waals surface area contributed by atoms with E-state index in [-0.39, 0.29) is 17.7 Å². The van der Waals surface area contributed by atoms with Crippen molar-refractivity contribution in [3.63, 3.8) is 0 Å². The van der Waals surface area contributed by atoms with Gasteiger partial charge < -0.3 is 20.4 Å². The second kappa shape index (κ2) is 9.43. The zero-order valence-corrected chi connectivity index (χ0v) is 22.8. The third-order valence-electron chi connectivity index (χ3n) is 7.69. The number of rotatable bonds is 6. The second-order valence-corrected chi connectivity index (χ2v) is 13.0. The van der Waals surface area contributed by atoms with Crippen LogP contribution in [-0.4, -0.2) is 62.6 Å². The second-order valence-electron chi connectivity index (χ2n) is 11.1. The molecule has 1 saturated heterocycles. The van der Waals surface area contributed by atoms with Crippen molar-refractivity contribution in [2.24, 2.45) is 5.73 Å². The molecule has 3 N–H and O–H groups in total. The van der Waals surface area contributed by atoms with Gasteiger partial charge in [0.1, 0.15) is 17.4 Å². The van der Waals surface area contributed by atoms with Gasteiger partial charge in [0.15, 0.2) is 0 Å². The van der Waals surface area contributed by atoms with Gasteiger partial charge in [0.2, 0.25) is 21.8 Å². The first-order valence-electron chi connectivity index (χ1n) is 12.8. The van der Waals surface area contributed by atoms with Gasteiger partial charge in [-0.2, -0.15) is 0 Å². The molecule has 2 amide bonds. The number of hydrogen-bond donors (Lipinski definition) is 2. The molecule has 1 aromatic heterocycles. The fourth-order valence-corrected chi connectivity index (χ4v) is 6.56. The minimum atomic E-state index is -3.42. The number of likely N-dealkylation sites (tertiary alicyclic amines) is 1. The Morgan fingerprint density at radius 2 is 1.76 bits per heavy atom. The van der Waals surface area contributed by atoms with E-state index in [1.807, 2.05) is 54.6 Å². The van der Waals surface area contributed by atoms with Crippen molar-refractivity contribution in [2.45, 2.75) is 50.1 Å². The smallest absolute Gasteiger partial charge is 0.245 e. The lowest BCUT2D eigenvalue weighted by Crippen LogP contribution is -2.58. The van der Waals surface area contributed by atoms with Crippen molar-refractivity contribution in [1.29, 1.82) is 0 Å². The quantitative estimate of drug-likeness (QED) is 0.497. The van der Waals surface area contributed by atoms with E-state index in [1.54, 1.807) is 18.7 Å². The Hall–Kier alpha value is -3.37. The summed E-state index contributed by atoms with van der Waals surface area (Å²) in [5.74, 6) is -0.0280. The lowest BCUT2D eigenvalue weighted by Gasteiger charge is -2.41. The third-order valence-corrected chi connectivity index (χ3v) is 8.82. The molecule has 1 unspecified atom stereocenters. The Morgan fingerprint density at radius 1 is 1.11 bits per heavy atom. The number of piperidine rings is 1. The molecular formula is C28H34N4O5S. The van der Waals surface area contributed by atoms with Crippen LogP contribution < -0.4 is 15.4 Å². The molecule has 2 aromatic carbocycles. The summed E-state index contributed by atoms with van der Waals surface area (Å²) in [7, 11) is -3.42. The van der Waals surface area contributed by atoms with Crippen molar-refractivity contribution in [1.82, 2.24) is 10.2 Å². The Morgan fingerprint density at radius 3 is 2.42 bits per heavy atom. The van der Waals surface area contributed by atoms with Crippen LogP contribution in [-0.2, 0) is 31.4 Å². The summed E-state index contributed by atoms with van der Waals surface area (Å²) in [5.41, 5.74) is 6.96. The summed E-state index contributed by atoms with van der Waals surface area (Å²) >= 11 is 0. The zero-order chi connectivity index (χ0) is 27.3. The Balaban J connectivity index is 1.36. The maximum atomic E-state index is 13.8. The molecular weight excluding hydrogens is 504 g/mol. The first-order valence-corrected chi connectivity index (χ1v) is 14.7. The molecule has 202 valence electrons. The number of para-hydroxylation sites is 2. The fourth-order valence-electron chi connectivity index (χ4n) is 5.57. The topological polar surface area (TPSA) is 126 Å². The van der Waals surface area contributed by atoms with E-state index in [9.17, 15) is 18.0 Å². The minimum Gasteiger partial charge on any atom is -0.461 e. The maximum absolute atomic E-state index is 13.8. The van der Waals surface area contributed by atoms with Crippen LogP contribution in [0.25, 0.3) is 11.0 Å². The Labute approximate surface area is 223 Å². The monoisotopic (exact) mass is 538 g/mol. The van der Waals surface area contributed by atoms with E-state index in [1.165, 1.54) is 10.6 Å². The van der Waals surface area contributed by atoms with Gasteiger partial charge in [0.05, 0.1) is 17.5 Å². The zero-order valence-electron chi connectivity index (χ0n) is 21.9. The van der Waals surface area contributed by atoms with E-state index < -0.39 is 27.5 Å². The number of nitrogens with two attached hydrogens (primary N) is 1. The van der Waals surface area contributed by atoms with Gasteiger partial charge in [0.25, 0.3) is 0 Å². The van der Waals surface area contributed by atoms with Crippen LogP contribution in [0.2, 0.25) is 0 Å². The lowest BCUT2D eigenvalue weighted by atomic mass is 9.74. The number of nitrogens with zero attached hydrogens (tertiary/aromatic N) is 2. The van der Waals surface area contributed by atoms with E-state index >= 15 is 0 Å². The molecule has 2 aliphatic heterocycles. The number of hydrogen-bond acceptors (Lipinski definition) is 6. The van der Waals surface area contributed by atoms with Gasteiger partial charge >= 0.3 is 0 Å². The number of fused-ring (bicyclic) bond motifs is 3. The molecule has 0 bridgehead atoms. The van der Waals surface area contributed by atoms with Crippen molar-refractivity contribution < 1.29 is 22.4 Å². The number of sulfonamides is 1. The van der Waals surface area contributed by atoms with Crippen LogP contribution in [0.5, 0.6) is 0 Å². The number of amides is 2. The molecule has 0 aliphatic carbocycles. The largest absolute Gasteiger partial charge is 0.461 e. The molecule has 1 atom stereocenters. The molecule has 1 spiro atoms. The number of anilines is 1. The predicted octanol–water partition coefficient (Wildman–Crippen LogP) is 2.54. The first-order chi connectivity index (χ1) is 17.9. The average molecular weight is 539 g/mol. The van der Waals surface area contributed by atoms with Gasteiger partial charge in [-0.1, -0.05) is 36.4 Å². The summed E-state index contributed by atoms with van der Waals surface area (Å²) < 4.78 is 32.4. The summed E-state index contributed by atoms with van der Waals surface area (Å²) in [4.78, 5) is 28.3. The van der Waals surface area contributed by atoms with Crippen molar-refractivity contribution in [3.8, 4) is 0 Å². The molecule has 3 heterocycles. The van der Waals surface area contributed by atoms with Gasteiger partial charge in [-0.05, 0) is 50.5 Å². The van der Waals surface area contributed by atoms with Crippen LogP contribution in [0.4, 0.5) is 5.69 Å². The normalized spacial score (nSPS) is 18.0. The van der Waals surface area contributed by atoms with Crippen LogP contribution in [0.1, 0.15) is 38.0 Å². The number of nitrogens with one attached hydrogen (secondary N) is 1. The van der Waals surface area contributed by atoms with Crippen molar-refractivity contribution >= 4 is 38.5 Å². The van der Waals surface area contributed by atoms with Crippen molar-refractivity contribution in [3.05, 3.63) is 65.9 Å². The minimum absolute atomic E-state index is 0.196. The third kappa shape index (κ3) is 4.90. The fraction of sp³-hybridized carbons (Fsp3) is 0.429. The number of benzene rings is 2. The Bertz CT molecular complexity index is 1450. The van der Waals surface area contributed by atoms with Gasteiger partial charge in [0, 0.05) is 36.9 Å². The molecule has 9 nitrogen and oxygen atoms in total. The molecule has 3 aromatic rings. The average Bonchev–Trinajstić information content (AvgIpc) is 3.42. The SMILES string of the molecule is CC(C)(N)C(=O)NC(Cc1cc2ccccc2o1)C(=O)N1CCC2(CC1)CN(S(C)(=O)=O)c1ccccc12. The highest BCUT2D eigenvalue weighted by Crippen LogP contribution is 2.47. The molecule has 10 heteroatoms. The highest BCUT2D eigenvalue weighted by Gasteiger charge is 2.48. The maximum Gasteiger partial charge on any atom is 0.245 e. The summed E-state index contributed by atoms with van der Waals surface area (Å²) in [6.45, 7) is 4.46. The predicted molar refractivity (Wildman–Crippen MR) is 146 cm³/mol. The van der Waals surface area contributed by atoms with Gasteiger partial charge in [-0.15, -0.1) is 0 Å². The highest BCUT2D eigenvalue weighted by molar-refractivity contribution is 7.92. The van der Waals surface area contributed by atoms with E-state index in [4.69, 9.17) is 10.2 Å². The number of carbonyl (C=O) groups is 2. The molecule has 38 heavy (non-hydrogen) atoms. The number of furan rings is 1. The standard InChI is InChI=1S/C28H34N4O5S/c1-27(2,29)26(34)30-22(17-20-16-19-8-4-7-11-24(19)37-20)25(33)31-14-12-28(13-15-31)18-32(38(3,35)36)23-10-6-5-9-21(23)28/h4-11,16,22H,12-15,17-18,29H2,1-3H3,(H,30,34). The van der Waals surface area contributed by atoms with E-state index in [0.29, 0.717) is 38.2 Å². The van der Waals surface area contributed by atoms with Gasteiger partial charge in [-0.3, -0.25) is 13.9 Å². The van der Waals surface area contributed by atoms with Crippen LogP contribution in [0, 0.1) is 0 Å². The van der Waals surface area contributed by atoms with Crippen LogP contribution in [0.3, 0.4) is 0 Å².